The Hall–Kier alpha value is -1.06. The molecule has 1 aliphatic heterocycles. The van der Waals surface area contributed by atoms with Crippen LogP contribution in [0.1, 0.15) is 65.7 Å². The number of carbonyl (C=O) groups is 2. The summed E-state index contributed by atoms with van der Waals surface area (Å²) in [6.45, 7) is 8.64. The lowest BCUT2D eigenvalue weighted by molar-refractivity contribution is -0.145. The molecule has 1 heterocycles. The number of carboxylic acids is 1. The van der Waals surface area contributed by atoms with Gasteiger partial charge in [-0.15, -0.1) is 0 Å². The van der Waals surface area contributed by atoms with Crippen LogP contribution in [0.15, 0.2) is 0 Å². The maximum absolute atomic E-state index is 12.7. The molecule has 1 N–H and O–H groups in total. The third-order valence-electron chi connectivity index (χ3n) is 5.69. The van der Waals surface area contributed by atoms with Crippen LogP contribution in [-0.2, 0) is 9.59 Å². The third kappa shape index (κ3) is 4.23. The zero-order chi connectivity index (χ0) is 16.3. The highest BCUT2D eigenvalue weighted by molar-refractivity contribution is 5.79. The molecule has 0 aromatic carbocycles. The van der Waals surface area contributed by atoms with Crippen molar-refractivity contribution in [3.63, 3.8) is 0 Å². The molecule has 1 amide bonds. The normalized spacial score (nSPS) is 30.7. The Morgan fingerprint density at radius 2 is 1.50 bits per heavy atom. The number of likely N-dealkylation sites (tertiary alicyclic amines) is 1. The molecule has 4 heteroatoms. The van der Waals surface area contributed by atoms with Crippen LogP contribution in [0.4, 0.5) is 0 Å². The van der Waals surface area contributed by atoms with E-state index >= 15 is 0 Å². The van der Waals surface area contributed by atoms with Gasteiger partial charge in [0.25, 0.3) is 0 Å². The van der Waals surface area contributed by atoms with Gasteiger partial charge in [0.05, 0.1) is 5.92 Å². The number of carbonyl (C=O) groups excluding carboxylic acids is 1. The van der Waals surface area contributed by atoms with Crippen LogP contribution in [0.5, 0.6) is 0 Å². The zero-order valence-electron chi connectivity index (χ0n) is 14.3. The molecule has 126 valence electrons. The Morgan fingerprint density at radius 3 is 2.05 bits per heavy atom. The van der Waals surface area contributed by atoms with Crippen molar-refractivity contribution in [2.75, 3.05) is 13.1 Å². The second-order valence-corrected chi connectivity index (χ2v) is 8.21. The van der Waals surface area contributed by atoms with E-state index in [1.807, 2.05) is 0 Å². The van der Waals surface area contributed by atoms with E-state index in [2.05, 4.69) is 25.7 Å². The molecule has 1 saturated heterocycles. The van der Waals surface area contributed by atoms with E-state index in [0.29, 0.717) is 24.2 Å². The van der Waals surface area contributed by atoms with Crippen LogP contribution in [0, 0.1) is 23.2 Å². The number of rotatable bonds is 2. The second kappa shape index (κ2) is 7.01. The van der Waals surface area contributed by atoms with Crippen molar-refractivity contribution in [2.24, 2.45) is 23.2 Å². The summed E-state index contributed by atoms with van der Waals surface area (Å²) < 4.78 is 0. The zero-order valence-corrected chi connectivity index (χ0v) is 14.3. The van der Waals surface area contributed by atoms with Gasteiger partial charge in [-0.1, -0.05) is 20.8 Å². The number of nitrogens with zero attached hydrogens (tertiary/aromatic N) is 1. The van der Waals surface area contributed by atoms with E-state index in [0.717, 1.165) is 38.8 Å². The van der Waals surface area contributed by atoms with Crippen LogP contribution in [-0.4, -0.2) is 35.0 Å². The lowest BCUT2D eigenvalue weighted by atomic mass is 9.77. The molecule has 1 aliphatic carbocycles. The van der Waals surface area contributed by atoms with Crippen LogP contribution in [0.2, 0.25) is 0 Å². The van der Waals surface area contributed by atoms with E-state index in [9.17, 15) is 9.59 Å². The van der Waals surface area contributed by atoms with Crippen molar-refractivity contribution < 1.29 is 14.7 Å². The molecule has 2 fully saturated rings. The van der Waals surface area contributed by atoms with Gasteiger partial charge in [-0.05, 0) is 56.3 Å². The lowest BCUT2D eigenvalue weighted by Crippen LogP contribution is -2.39. The standard InChI is InChI=1S/C18H31NO3/c1-18(2,3)15-5-4-11-19(12-10-15)16(20)13-6-8-14(9-7-13)17(21)22/h13-15H,4-12H2,1-3H3,(H,21,22). The molecular formula is C18H31NO3. The van der Waals surface area contributed by atoms with Crippen molar-refractivity contribution in [3.8, 4) is 0 Å². The molecular weight excluding hydrogens is 278 g/mol. The average Bonchev–Trinajstić information content (AvgIpc) is 2.72. The largest absolute Gasteiger partial charge is 0.481 e. The Balaban J connectivity index is 1.87. The predicted octanol–water partition coefficient (Wildman–Crippen LogP) is 3.55. The summed E-state index contributed by atoms with van der Waals surface area (Å²) in [5.74, 6) is 0.0837. The fourth-order valence-electron chi connectivity index (χ4n) is 4.03. The van der Waals surface area contributed by atoms with Gasteiger partial charge in [-0.2, -0.15) is 0 Å². The van der Waals surface area contributed by atoms with Crippen molar-refractivity contribution in [3.05, 3.63) is 0 Å². The smallest absolute Gasteiger partial charge is 0.306 e. The molecule has 2 aliphatic rings. The fourth-order valence-corrected chi connectivity index (χ4v) is 4.03. The lowest BCUT2D eigenvalue weighted by Gasteiger charge is -2.31. The summed E-state index contributed by atoms with van der Waals surface area (Å²) in [4.78, 5) is 25.8. The van der Waals surface area contributed by atoms with Gasteiger partial charge < -0.3 is 10.0 Å². The fraction of sp³-hybridized carbons (Fsp3) is 0.889. The summed E-state index contributed by atoms with van der Waals surface area (Å²) >= 11 is 0. The minimum Gasteiger partial charge on any atom is -0.481 e. The topological polar surface area (TPSA) is 57.6 Å². The second-order valence-electron chi connectivity index (χ2n) is 8.21. The van der Waals surface area contributed by atoms with Crippen LogP contribution >= 0.6 is 0 Å². The SMILES string of the molecule is CC(C)(C)C1CCCN(C(=O)C2CCC(C(=O)O)CC2)CC1. The first kappa shape index (κ1) is 17.3. The molecule has 0 spiro atoms. The minimum atomic E-state index is -0.700. The maximum Gasteiger partial charge on any atom is 0.306 e. The van der Waals surface area contributed by atoms with E-state index < -0.39 is 5.97 Å². The van der Waals surface area contributed by atoms with Crippen LogP contribution < -0.4 is 0 Å². The summed E-state index contributed by atoms with van der Waals surface area (Å²) in [7, 11) is 0. The molecule has 0 aromatic heterocycles. The highest BCUT2D eigenvalue weighted by atomic mass is 16.4. The summed E-state index contributed by atoms with van der Waals surface area (Å²) in [5, 5.41) is 9.06. The van der Waals surface area contributed by atoms with Gasteiger partial charge in [-0.25, -0.2) is 0 Å². The Kier molecular flexibility index (Phi) is 5.51. The maximum atomic E-state index is 12.7. The molecule has 1 unspecified atom stereocenters. The van der Waals surface area contributed by atoms with Crippen molar-refractivity contribution in [2.45, 2.75) is 65.7 Å². The number of hydrogen-bond donors (Lipinski definition) is 1. The van der Waals surface area contributed by atoms with Crippen LogP contribution in [0.3, 0.4) is 0 Å². The predicted molar refractivity (Wildman–Crippen MR) is 86.5 cm³/mol. The van der Waals surface area contributed by atoms with E-state index in [4.69, 9.17) is 5.11 Å². The number of carboxylic acid groups (broad SMARTS) is 1. The molecule has 2 rings (SSSR count). The Labute approximate surface area is 134 Å². The summed E-state index contributed by atoms with van der Waals surface area (Å²) in [5.41, 5.74) is 0.318. The molecule has 22 heavy (non-hydrogen) atoms. The first-order chi connectivity index (χ1) is 10.3. The highest BCUT2D eigenvalue weighted by Gasteiger charge is 2.34. The number of hydrogen-bond acceptors (Lipinski definition) is 2. The van der Waals surface area contributed by atoms with Gasteiger partial charge in [0.1, 0.15) is 0 Å². The molecule has 0 bridgehead atoms. The number of aliphatic carboxylic acids is 1. The van der Waals surface area contributed by atoms with Gasteiger partial charge in [-0.3, -0.25) is 9.59 Å². The van der Waals surface area contributed by atoms with Crippen molar-refractivity contribution in [1.29, 1.82) is 0 Å². The minimum absolute atomic E-state index is 0.0572. The van der Waals surface area contributed by atoms with E-state index in [1.165, 1.54) is 6.42 Å². The Bertz CT molecular complexity index is 405. The highest BCUT2D eigenvalue weighted by Crippen LogP contribution is 2.35. The van der Waals surface area contributed by atoms with Gasteiger partial charge in [0.2, 0.25) is 5.91 Å². The van der Waals surface area contributed by atoms with Crippen LogP contribution in [0.25, 0.3) is 0 Å². The summed E-state index contributed by atoms with van der Waals surface area (Å²) in [6, 6.07) is 0. The average molecular weight is 309 g/mol. The van der Waals surface area contributed by atoms with E-state index in [-0.39, 0.29) is 17.7 Å². The van der Waals surface area contributed by atoms with Gasteiger partial charge in [0.15, 0.2) is 0 Å². The molecule has 1 atom stereocenters. The first-order valence-electron chi connectivity index (χ1n) is 8.80. The van der Waals surface area contributed by atoms with Crippen molar-refractivity contribution >= 4 is 11.9 Å². The quantitative estimate of drug-likeness (QED) is 0.848. The molecule has 0 radical (unpaired) electrons. The monoisotopic (exact) mass is 309 g/mol. The van der Waals surface area contributed by atoms with Gasteiger partial charge in [0, 0.05) is 19.0 Å². The molecule has 4 nitrogen and oxygen atoms in total. The first-order valence-corrected chi connectivity index (χ1v) is 8.80. The molecule has 0 aromatic rings. The van der Waals surface area contributed by atoms with Gasteiger partial charge >= 0.3 is 5.97 Å². The van der Waals surface area contributed by atoms with Crippen molar-refractivity contribution in [1.82, 2.24) is 4.90 Å². The summed E-state index contributed by atoms with van der Waals surface area (Å²) in [6.07, 6.45) is 6.20. The van der Waals surface area contributed by atoms with E-state index in [1.54, 1.807) is 0 Å². The molecule has 1 saturated carbocycles. The number of amides is 1. The third-order valence-corrected chi connectivity index (χ3v) is 5.69. The Morgan fingerprint density at radius 1 is 0.909 bits per heavy atom.